The van der Waals surface area contributed by atoms with Crippen molar-refractivity contribution in [3.05, 3.63) is 46.9 Å². The highest BCUT2D eigenvalue weighted by Crippen LogP contribution is 2.33. The number of piperidine rings is 1. The van der Waals surface area contributed by atoms with E-state index < -0.39 is 10.0 Å². The van der Waals surface area contributed by atoms with E-state index in [0.29, 0.717) is 13.1 Å². The predicted molar refractivity (Wildman–Crippen MR) is 122 cm³/mol. The van der Waals surface area contributed by atoms with Crippen LogP contribution >= 0.6 is 0 Å². The maximum atomic E-state index is 12.4. The van der Waals surface area contributed by atoms with Gasteiger partial charge >= 0.3 is 0 Å². The minimum absolute atomic E-state index is 0.0452. The molecule has 31 heavy (non-hydrogen) atoms. The second kappa shape index (κ2) is 9.12. The van der Waals surface area contributed by atoms with Crippen molar-refractivity contribution in [2.24, 2.45) is 0 Å². The third kappa shape index (κ3) is 4.70. The minimum Gasteiger partial charge on any atom is -0.497 e. The van der Waals surface area contributed by atoms with Crippen LogP contribution < -0.4 is 9.64 Å². The summed E-state index contributed by atoms with van der Waals surface area (Å²) < 4.78 is 31.7. The summed E-state index contributed by atoms with van der Waals surface area (Å²) in [7, 11) is -1.51. The molecule has 0 unspecified atom stereocenters. The fraction of sp³-hybridized carbons (Fsp3) is 0.565. The van der Waals surface area contributed by atoms with Crippen molar-refractivity contribution in [3.63, 3.8) is 0 Å². The first-order chi connectivity index (χ1) is 14.9. The Morgan fingerprint density at radius 2 is 1.90 bits per heavy atom. The number of nitrogens with zero attached hydrogens (tertiary/aromatic N) is 4. The molecule has 4 rings (SSSR count). The topological polar surface area (TPSA) is 75.6 Å². The maximum absolute atomic E-state index is 12.4. The number of benzene rings is 1. The fourth-order valence-corrected chi connectivity index (χ4v) is 5.76. The highest BCUT2D eigenvalue weighted by molar-refractivity contribution is 7.89. The quantitative estimate of drug-likeness (QED) is 0.681. The van der Waals surface area contributed by atoms with Crippen molar-refractivity contribution in [2.75, 3.05) is 37.4 Å². The van der Waals surface area contributed by atoms with Gasteiger partial charge < -0.3 is 9.64 Å². The molecule has 8 heteroatoms. The highest BCUT2D eigenvalue weighted by atomic mass is 32.2. The van der Waals surface area contributed by atoms with E-state index in [4.69, 9.17) is 14.7 Å². The number of aryl methyl sites for hydroxylation is 1. The van der Waals surface area contributed by atoms with Crippen molar-refractivity contribution in [2.45, 2.75) is 52.0 Å². The highest BCUT2D eigenvalue weighted by Gasteiger charge is 2.31. The van der Waals surface area contributed by atoms with Gasteiger partial charge in [-0.25, -0.2) is 22.7 Å². The molecule has 0 bridgehead atoms. The number of anilines is 1. The Morgan fingerprint density at radius 1 is 1.13 bits per heavy atom. The molecule has 2 aliphatic heterocycles. The molecular weight excluding hydrogens is 412 g/mol. The van der Waals surface area contributed by atoms with Crippen LogP contribution in [-0.4, -0.2) is 55.2 Å². The Hall–Kier alpha value is -2.19. The van der Waals surface area contributed by atoms with Crippen molar-refractivity contribution < 1.29 is 13.2 Å². The van der Waals surface area contributed by atoms with E-state index in [9.17, 15) is 8.42 Å². The van der Waals surface area contributed by atoms with Crippen molar-refractivity contribution in [1.82, 2.24) is 14.3 Å². The summed E-state index contributed by atoms with van der Waals surface area (Å²) in [5.74, 6) is 2.84. The Morgan fingerprint density at radius 3 is 2.61 bits per heavy atom. The number of hydrogen-bond donors (Lipinski definition) is 0. The van der Waals surface area contributed by atoms with Gasteiger partial charge in [-0.15, -0.1) is 0 Å². The molecule has 1 aromatic carbocycles. The van der Waals surface area contributed by atoms with Crippen LogP contribution in [0.25, 0.3) is 0 Å². The van der Waals surface area contributed by atoms with Crippen LogP contribution in [0, 0.1) is 6.92 Å². The van der Waals surface area contributed by atoms with Gasteiger partial charge in [0.05, 0.1) is 12.9 Å². The Labute approximate surface area is 185 Å². The third-order valence-corrected chi connectivity index (χ3v) is 8.25. The van der Waals surface area contributed by atoms with E-state index in [1.165, 1.54) is 11.1 Å². The molecule has 0 aliphatic carbocycles. The summed E-state index contributed by atoms with van der Waals surface area (Å²) in [6.07, 6.45) is 3.84. The van der Waals surface area contributed by atoms with Gasteiger partial charge in [-0.2, -0.15) is 0 Å². The van der Waals surface area contributed by atoms with Crippen LogP contribution in [0.5, 0.6) is 5.75 Å². The summed E-state index contributed by atoms with van der Waals surface area (Å²) >= 11 is 0. The summed E-state index contributed by atoms with van der Waals surface area (Å²) in [6, 6.07) is 8.16. The lowest BCUT2D eigenvalue weighted by Crippen LogP contribution is -2.40. The molecule has 1 saturated heterocycles. The van der Waals surface area contributed by atoms with E-state index in [1.807, 2.05) is 12.1 Å². The van der Waals surface area contributed by atoms with Crippen LogP contribution in [0.15, 0.2) is 24.3 Å². The number of rotatable bonds is 6. The van der Waals surface area contributed by atoms with Gasteiger partial charge in [0, 0.05) is 43.4 Å². The lowest BCUT2D eigenvalue weighted by atomic mass is 9.97. The number of sulfonamides is 1. The fourth-order valence-electron chi connectivity index (χ4n) is 4.59. The van der Waals surface area contributed by atoms with Crippen LogP contribution in [-0.2, 0) is 23.0 Å². The van der Waals surface area contributed by atoms with Crippen molar-refractivity contribution in [3.8, 4) is 5.75 Å². The Bertz CT molecular complexity index is 1020. The number of aromatic nitrogens is 2. The third-order valence-electron chi connectivity index (χ3n) is 6.40. The second-order valence-corrected chi connectivity index (χ2v) is 10.7. The number of methoxy groups -OCH3 is 1. The molecule has 168 valence electrons. The van der Waals surface area contributed by atoms with E-state index in [2.05, 4.69) is 24.0 Å². The first-order valence-corrected chi connectivity index (χ1v) is 12.7. The van der Waals surface area contributed by atoms with Gasteiger partial charge in [-0.3, -0.25) is 0 Å². The minimum atomic E-state index is -3.19. The zero-order valence-electron chi connectivity index (χ0n) is 18.7. The Kier molecular flexibility index (Phi) is 6.48. The standard InChI is InChI=1S/C23H32N4O3S/c1-4-31(28,29)27-14-5-7-19(16-27)22-24-17(2)21-8-6-13-26(23(21)25-22)15-18-9-11-20(30-3)12-10-18/h9-12,19H,4-8,13-16H2,1-3H3/t19-/m1/s1. The van der Waals surface area contributed by atoms with Gasteiger partial charge in [0.2, 0.25) is 10.0 Å². The van der Waals surface area contributed by atoms with Crippen LogP contribution in [0.4, 0.5) is 5.82 Å². The summed E-state index contributed by atoms with van der Waals surface area (Å²) in [5, 5.41) is 0. The van der Waals surface area contributed by atoms with Gasteiger partial charge in [-0.05, 0) is 57.2 Å². The number of ether oxygens (including phenoxy) is 1. The van der Waals surface area contributed by atoms with Crippen LogP contribution in [0.3, 0.4) is 0 Å². The molecule has 1 aromatic heterocycles. The second-order valence-electron chi connectivity index (χ2n) is 8.44. The first-order valence-electron chi connectivity index (χ1n) is 11.1. The molecule has 0 N–H and O–H groups in total. The van der Waals surface area contributed by atoms with Crippen molar-refractivity contribution in [1.29, 1.82) is 0 Å². The lowest BCUT2D eigenvalue weighted by molar-refractivity contribution is 0.309. The van der Waals surface area contributed by atoms with Crippen LogP contribution in [0.2, 0.25) is 0 Å². The summed E-state index contributed by atoms with van der Waals surface area (Å²) in [4.78, 5) is 12.2. The van der Waals surface area contributed by atoms with Gasteiger partial charge in [0.25, 0.3) is 0 Å². The average molecular weight is 445 g/mol. The summed E-state index contributed by atoms with van der Waals surface area (Å²) in [6.45, 7) is 6.58. The normalized spacial score (nSPS) is 19.8. The number of hydrogen-bond acceptors (Lipinski definition) is 6. The SMILES string of the molecule is CCS(=O)(=O)N1CCC[C@@H](c2nc(C)c3c(n2)N(Cc2ccc(OC)cc2)CCC3)C1. The molecule has 0 radical (unpaired) electrons. The number of fused-ring (bicyclic) bond motifs is 1. The molecule has 0 amide bonds. The van der Waals surface area contributed by atoms with Gasteiger partial charge in [0.15, 0.2) is 0 Å². The zero-order chi connectivity index (χ0) is 22.0. The maximum Gasteiger partial charge on any atom is 0.213 e. The molecular formula is C23H32N4O3S. The first kappa shape index (κ1) is 22.0. The largest absolute Gasteiger partial charge is 0.497 e. The predicted octanol–water partition coefficient (Wildman–Crippen LogP) is 3.28. The molecule has 7 nitrogen and oxygen atoms in total. The average Bonchev–Trinajstić information content (AvgIpc) is 2.80. The summed E-state index contributed by atoms with van der Waals surface area (Å²) in [5.41, 5.74) is 3.46. The van der Waals surface area contributed by atoms with Crippen molar-refractivity contribution >= 4 is 15.8 Å². The molecule has 2 aromatic rings. The molecule has 3 heterocycles. The lowest BCUT2D eigenvalue weighted by Gasteiger charge is -2.34. The Balaban J connectivity index is 1.60. The van der Waals surface area contributed by atoms with E-state index in [-0.39, 0.29) is 11.7 Å². The van der Waals surface area contributed by atoms with E-state index in [0.717, 1.165) is 61.9 Å². The molecule has 1 atom stereocenters. The molecule has 1 fully saturated rings. The van der Waals surface area contributed by atoms with Gasteiger partial charge in [0.1, 0.15) is 17.4 Å². The molecule has 0 spiro atoms. The van der Waals surface area contributed by atoms with Crippen LogP contribution in [0.1, 0.15) is 54.7 Å². The van der Waals surface area contributed by atoms with E-state index >= 15 is 0 Å². The molecule has 2 aliphatic rings. The molecule has 0 saturated carbocycles. The monoisotopic (exact) mass is 444 g/mol. The smallest absolute Gasteiger partial charge is 0.213 e. The zero-order valence-corrected chi connectivity index (χ0v) is 19.5. The van der Waals surface area contributed by atoms with Gasteiger partial charge in [-0.1, -0.05) is 12.1 Å². The van der Waals surface area contributed by atoms with E-state index in [1.54, 1.807) is 18.3 Å².